The van der Waals surface area contributed by atoms with Crippen LogP contribution in [0.4, 0.5) is 0 Å². The third kappa shape index (κ3) is 2.46. The van der Waals surface area contributed by atoms with E-state index in [4.69, 9.17) is 16.3 Å². The molecule has 0 amide bonds. The van der Waals surface area contributed by atoms with Gasteiger partial charge in [0.25, 0.3) is 0 Å². The summed E-state index contributed by atoms with van der Waals surface area (Å²) < 4.78 is 5.27. The molecular formula is C14H17ClO3. The quantitative estimate of drug-likeness (QED) is 0.890. The summed E-state index contributed by atoms with van der Waals surface area (Å²) >= 11 is 5.97. The molecule has 4 heteroatoms. The summed E-state index contributed by atoms with van der Waals surface area (Å²) in [6.45, 7) is 1.81. The second kappa shape index (κ2) is 4.81. The van der Waals surface area contributed by atoms with Crippen molar-refractivity contribution in [2.24, 2.45) is 11.3 Å². The van der Waals surface area contributed by atoms with Gasteiger partial charge >= 0.3 is 5.97 Å². The van der Waals surface area contributed by atoms with Crippen molar-refractivity contribution in [1.29, 1.82) is 0 Å². The predicted molar refractivity (Wildman–Crippen MR) is 70.2 cm³/mol. The molecule has 0 aromatic heterocycles. The fourth-order valence-corrected chi connectivity index (χ4v) is 2.59. The van der Waals surface area contributed by atoms with Crippen LogP contribution >= 0.6 is 11.6 Å². The Morgan fingerprint density at radius 3 is 2.72 bits per heavy atom. The molecule has 0 radical (unpaired) electrons. The van der Waals surface area contributed by atoms with E-state index in [0.29, 0.717) is 17.2 Å². The zero-order chi connectivity index (χ0) is 13.3. The standard InChI is InChI=1S/C14H17ClO3/c1-14(13(16)17,10-3-4-10)8-9-7-11(15)5-6-12(9)18-2/h5-7,10H,3-4,8H2,1-2H3,(H,16,17). The van der Waals surface area contributed by atoms with Crippen molar-refractivity contribution in [3.63, 3.8) is 0 Å². The van der Waals surface area contributed by atoms with Gasteiger partial charge in [-0.15, -0.1) is 0 Å². The van der Waals surface area contributed by atoms with E-state index in [1.54, 1.807) is 25.3 Å². The Balaban J connectivity index is 2.31. The van der Waals surface area contributed by atoms with Gasteiger partial charge < -0.3 is 9.84 Å². The van der Waals surface area contributed by atoms with Gasteiger partial charge in [0, 0.05) is 5.02 Å². The first-order valence-electron chi connectivity index (χ1n) is 6.03. The number of halogens is 1. The van der Waals surface area contributed by atoms with Crippen LogP contribution in [-0.2, 0) is 11.2 Å². The number of aliphatic carboxylic acids is 1. The number of carbonyl (C=O) groups is 1. The minimum absolute atomic E-state index is 0.263. The SMILES string of the molecule is COc1ccc(Cl)cc1CC(C)(C(=O)O)C1CC1. The second-order valence-electron chi connectivity index (χ2n) is 5.13. The molecule has 1 saturated carbocycles. The maximum absolute atomic E-state index is 11.5. The summed E-state index contributed by atoms with van der Waals surface area (Å²) in [5.41, 5.74) is 0.139. The molecule has 18 heavy (non-hydrogen) atoms. The van der Waals surface area contributed by atoms with E-state index < -0.39 is 11.4 Å². The third-order valence-corrected chi connectivity index (χ3v) is 4.00. The lowest BCUT2D eigenvalue weighted by Crippen LogP contribution is -2.32. The van der Waals surface area contributed by atoms with Gasteiger partial charge in [0.2, 0.25) is 0 Å². The van der Waals surface area contributed by atoms with Crippen LogP contribution in [0.3, 0.4) is 0 Å². The van der Waals surface area contributed by atoms with E-state index in [1.165, 1.54) is 0 Å². The summed E-state index contributed by atoms with van der Waals surface area (Å²) in [6.07, 6.45) is 2.44. The normalized spacial score (nSPS) is 18.2. The Morgan fingerprint density at radius 2 is 2.22 bits per heavy atom. The van der Waals surface area contributed by atoms with E-state index in [1.807, 2.05) is 6.92 Å². The minimum Gasteiger partial charge on any atom is -0.496 e. The highest BCUT2D eigenvalue weighted by atomic mass is 35.5. The number of benzene rings is 1. The number of carboxylic acid groups (broad SMARTS) is 1. The molecule has 0 saturated heterocycles. The fraction of sp³-hybridized carbons (Fsp3) is 0.500. The first kappa shape index (κ1) is 13.2. The van der Waals surface area contributed by atoms with Crippen LogP contribution in [0.25, 0.3) is 0 Å². The molecule has 1 aromatic rings. The Morgan fingerprint density at radius 1 is 1.56 bits per heavy atom. The van der Waals surface area contributed by atoms with Gasteiger partial charge in [-0.3, -0.25) is 4.79 Å². The Bertz CT molecular complexity index is 468. The molecule has 98 valence electrons. The van der Waals surface area contributed by atoms with Crippen molar-refractivity contribution in [1.82, 2.24) is 0 Å². The summed E-state index contributed by atoms with van der Waals surface area (Å²) in [4.78, 5) is 11.5. The van der Waals surface area contributed by atoms with Crippen LogP contribution in [0.2, 0.25) is 5.02 Å². The average molecular weight is 269 g/mol. The number of carboxylic acids is 1. The number of methoxy groups -OCH3 is 1. The van der Waals surface area contributed by atoms with Crippen molar-refractivity contribution in [2.75, 3.05) is 7.11 Å². The number of hydrogen-bond donors (Lipinski definition) is 1. The Kier molecular flexibility index (Phi) is 3.53. The molecule has 1 atom stereocenters. The first-order valence-corrected chi connectivity index (χ1v) is 6.41. The molecule has 2 rings (SSSR count). The lowest BCUT2D eigenvalue weighted by atomic mass is 9.79. The second-order valence-corrected chi connectivity index (χ2v) is 5.57. The van der Waals surface area contributed by atoms with Crippen LogP contribution in [0.5, 0.6) is 5.75 Å². The number of hydrogen-bond acceptors (Lipinski definition) is 2. The summed E-state index contributed by atoms with van der Waals surface area (Å²) in [5.74, 6) is 0.221. The molecule has 1 aliphatic carbocycles. The fourth-order valence-electron chi connectivity index (χ4n) is 2.40. The van der Waals surface area contributed by atoms with Crippen LogP contribution in [0.15, 0.2) is 18.2 Å². The molecule has 0 bridgehead atoms. The van der Waals surface area contributed by atoms with Gasteiger partial charge in [-0.25, -0.2) is 0 Å². The van der Waals surface area contributed by atoms with Crippen molar-refractivity contribution >= 4 is 17.6 Å². The van der Waals surface area contributed by atoms with E-state index in [2.05, 4.69) is 0 Å². The zero-order valence-corrected chi connectivity index (χ0v) is 11.3. The summed E-state index contributed by atoms with van der Waals surface area (Å²) in [5, 5.41) is 10.1. The molecule has 0 heterocycles. The Hall–Kier alpha value is -1.22. The van der Waals surface area contributed by atoms with Crippen LogP contribution in [0.1, 0.15) is 25.3 Å². The molecule has 1 fully saturated rings. The van der Waals surface area contributed by atoms with Gasteiger partial charge in [0.1, 0.15) is 5.75 Å². The van der Waals surface area contributed by atoms with Crippen molar-refractivity contribution in [3.05, 3.63) is 28.8 Å². The van der Waals surface area contributed by atoms with Crippen molar-refractivity contribution in [2.45, 2.75) is 26.2 Å². The molecule has 1 N–H and O–H groups in total. The lowest BCUT2D eigenvalue weighted by molar-refractivity contribution is -0.149. The van der Waals surface area contributed by atoms with Gasteiger partial charge in [-0.2, -0.15) is 0 Å². The first-order chi connectivity index (χ1) is 8.47. The summed E-state index contributed by atoms with van der Waals surface area (Å²) in [6, 6.07) is 5.33. The smallest absolute Gasteiger partial charge is 0.309 e. The van der Waals surface area contributed by atoms with E-state index in [-0.39, 0.29) is 5.92 Å². The average Bonchev–Trinajstić information content (AvgIpc) is 3.13. The highest BCUT2D eigenvalue weighted by Gasteiger charge is 2.47. The van der Waals surface area contributed by atoms with Crippen molar-refractivity contribution in [3.8, 4) is 5.75 Å². The van der Waals surface area contributed by atoms with Gasteiger partial charge in [-0.05, 0) is 55.9 Å². The predicted octanol–water partition coefficient (Wildman–Crippen LogP) is 3.39. The lowest BCUT2D eigenvalue weighted by Gasteiger charge is -2.25. The molecule has 0 aliphatic heterocycles. The van der Waals surface area contributed by atoms with Crippen LogP contribution in [0, 0.1) is 11.3 Å². The molecule has 1 unspecified atom stereocenters. The maximum Gasteiger partial charge on any atom is 0.309 e. The van der Waals surface area contributed by atoms with Crippen molar-refractivity contribution < 1.29 is 14.6 Å². The van der Waals surface area contributed by atoms with E-state index in [9.17, 15) is 9.90 Å². The molecule has 3 nitrogen and oxygen atoms in total. The molecule has 0 spiro atoms. The Labute approximate surface area is 112 Å². The number of rotatable bonds is 5. The van der Waals surface area contributed by atoms with Gasteiger partial charge in [0.15, 0.2) is 0 Å². The van der Waals surface area contributed by atoms with Gasteiger partial charge in [0.05, 0.1) is 12.5 Å². The highest BCUT2D eigenvalue weighted by Crippen LogP contribution is 2.48. The molecular weight excluding hydrogens is 252 g/mol. The minimum atomic E-state index is -0.743. The van der Waals surface area contributed by atoms with E-state index >= 15 is 0 Å². The number of ether oxygens (including phenoxy) is 1. The zero-order valence-electron chi connectivity index (χ0n) is 10.6. The van der Waals surface area contributed by atoms with Crippen LogP contribution in [-0.4, -0.2) is 18.2 Å². The molecule has 1 aromatic carbocycles. The van der Waals surface area contributed by atoms with Gasteiger partial charge in [-0.1, -0.05) is 11.6 Å². The highest BCUT2D eigenvalue weighted by molar-refractivity contribution is 6.30. The largest absolute Gasteiger partial charge is 0.496 e. The summed E-state index contributed by atoms with van der Waals surface area (Å²) in [7, 11) is 1.59. The third-order valence-electron chi connectivity index (χ3n) is 3.77. The topological polar surface area (TPSA) is 46.5 Å². The van der Waals surface area contributed by atoms with Crippen LogP contribution < -0.4 is 4.74 Å². The monoisotopic (exact) mass is 268 g/mol. The maximum atomic E-state index is 11.5. The molecule has 1 aliphatic rings. The van der Waals surface area contributed by atoms with E-state index in [0.717, 1.165) is 18.4 Å².